The van der Waals surface area contributed by atoms with E-state index in [2.05, 4.69) is 44.4 Å². The fourth-order valence-corrected chi connectivity index (χ4v) is 3.56. The van der Waals surface area contributed by atoms with E-state index >= 15 is 0 Å². The number of nitrogens with one attached hydrogen (secondary N) is 1. The van der Waals surface area contributed by atoms with E-state index in [1.165, 1.54) is 0 Å². The Morgan fingerprint density at radius 2 is 2.00 bits per heavy atom. The summed E-state index contributed by atoms with van der Waals surface area (Å²) < 4.78 is 6.52. The Bertz CT molecular complexity index is 739. The molecule has 0 radical (unpaired) electrons. The summed E-state index contributed by atoms with van der Waals surface area (Å²) >= 11 is 8.42. The third kappa shape index (κ3) is 4.08. The summed E-state index contributed by atoms with van der Waals surface area (Å²) in [6.07, 6.45) is 1.08. The predicted molar refractivity (Wildman–Crippen MR) is 109 cm³/mol. The van der Waals surface area contributed by atoms with Gasteiger partial charge in [-0.3, -0.25) is 4.99 Å². The van der Waals surface area contributed by atoms with Crippen molar-refractivity contribution in [3.63, 3.8) is 0 Å². The van der Waals surface area contributed by atoms with E-state index in [0.717, 1.165) is 52.3 Å². The summed E-state index contributed by atoms with van der Waals surface area (Å²) in [5.41, 5.74) is 3.27. The van der Waals surface area contributed by atoms with Crippen LogP contribution in [0.15, 0.2) is 51.9 Å². The molecule has 1 atom stereocenters. The molecule has 0 aromatic heterocycles. The average Bonchev–Trinajstić information content (AvgIpc) is 2.62. The molecule has 0 spiro atoms. The predicted octanol–water partition coefficient (Wildman–Crippen LogP) is 4.64. The highest BCUT2D eigenvalue weighted by molar-refractivity contribution is 9.10. The number of amidine groups is 1. The molecule has 0 fully saturated rings. The van der Waals surface area contributed by atoms with Crippen LogP contribution in [0, 0.1) is 0 Å². The highest BCUT2D eigenvalue weighted by Gasteiger charge is 2.20. The number of methoxy groups -OCH3 is 1. The molecule has 0 bridgehead atoms. The van der Waals surface area contributed by atoms with Gasteiger partial charge in [0.2, 0.25) is 0 Å². The molecule has 6 heteroatoms. The Balaban J connectivity index is 0.00000208. The molecule has 0 saturated carbocycles. The van der Waals surface area contributed by atoms with Crippen molar-refractivity contribution >= 4 is 46.8 Å². The molecule has 1 heterocycles. The Hall–Kier alpha value is -1.17. The van der Waals surface area contributed by atoms with Crippen molar-refractivity contribution in [2.75, 3.05) is 20.2 Å². The normalized spacial score (nSPS) is 14.9. The van der Waals surface area contributed by atoms with Crippen LogP contribution < -0.4 is 10.1 Å². The first-order valence-corrected chi connectivity index (χ1v) is 8.91. The lowest BCUT2D eigenvalue weighted by Gasteiger charge is -2.22. The minimum atomic E-state index is -0.0925. The fourth-order valence-electron chi connectivity index (χ4n) is 2.75. The minimum absolute atomic E-state index is 0. The number of benzene rings is 2. The monoisotopic (exact) mass is 426 g/mol. The average molecular weight is 428 g/mol. The summed E-state index contributed by atoms with van der Waals surface area (Å²) in [6, 6.07) is 14.3. The van der Waals surface area contributed by atoms with E-state index in [1.54, 1.807) is 7.11 Å². The standard InChI is InChI=1S/C18H19BrN2OS.ClH/c1-22-16-8-7-12(19)11-15(16)17(23)13-5-2-3-6-14(13)18-20-9-4-10-21-18;/h2-3,5-8,11,17,23H,4,9-10H2,1H3,(H,20,21);1H. The highest BCUT2D eigenvalue weighted by atomic mass is 79.9. The molecule has 1 aliphatic heterocycles. The maximum Gasteiger partial charge on any atom is 0.128 e. The summed E-state index contributed by atoms with van der Waals surface area (Å²) in [6.45, 7) is 1.83. The number of ether oxygens (including phenoxy) is 1. The van der Waals surface area contributed by atoms with Gasteiger partial charge in [0.1, 0.15) is 11.6 Å². The summed E-state index contributed by atoms with van der Waals surface area (Å²) in [7, 11) is 1.69. The smallest absolute Gasteiger partial charge is 0.128 e. The fraction of sp³-hybridized carbons (Fsp3) is 0.278. The summed E-state index contributed by atoms with van der Waals surface area (Å²) in [4.78, 5) is 4.63. The number of thiol groups is 1. The van der Waals surface area contributed by atoms with E-state index in [-0.39, 0.29) is 17.7 Å². The van der Waals surface area contributed by atoms with Gasteiger partial charge in [-0.05, 0) is 30.2 Å². The van der Waals surface area contributed by atoms with Crippen molar-refractivity contribution < 1.29 is 4.74 Å². The number of halogens is 2. The van der Waals surface area contributed by atoms with Gasteiger partial charge >= 0.3 is 0 Å². The molecule has 3 rings (SSSR count). The van der Waals surface area contributed by atoms with Crippen LogP contribution in [0.2, 0.25) is 0 Å². The van der Waals surface area contributed by atoms with Gasteiger partial charge in [-0.15, -0.1) is 12.4 Å². The maximum atomic E-state index is 5.51. The number of hydrogen-bond donors (Lipinski definition) is 2. The lowest BCUT2D eigenvalue weighted by atomic mass is 9.97. The molecule has 1 N–H and O–H groups in total. The molecule has 2 aromatic rings. The van der Waals surface area contributed by atoms with Crippen LogP contribution >= 0.6 is 41.0 Å². The van der Waals surface area contributed by atoms with Crippen molar-refractivity contribution in [3.8, 4) is 5.75 Å². The third-order valence-corrected chi connectivity index (χ3v) is 4.94. The Labute approximate surface area is 162 Å². The summed E-state index contributed by atoms with van der Waals surface area (Å²) in [5, 5.41) is 3.31. The largest absolute Gasteiger partial charge is 0.496 e. The molecule has 24 heavy (non-hydrogen) atoms. The van der Waals surface area contributed by atoms with E-state index in [0.29, 0.717) is 0 Å². The van der Waals surface area contributed by atoms with Crippen LogP contribution in [0.3, 0.4) is 0 Å². The Morgan fingerprint density at radius 3 is 2.71 bits per heavy atom. The zero-order chi connectivity index (χ0) is 16.2. The molecular weight excluding hydrogens is 408 g/mol. The van der Waals surface area contributed by atoms with Crippen molar-refractivity contribution in [2.45, 2.75) is 11.7 Å². The van der Waals surface area contributed by atoms with E-state index in [4.69, 9.17) is 17.4 Å². The van der Waals surface area contributed by atoms with Crippen LogP contribution in [0.1, 0.15) is 28.4 Å². The van der Waals surface area contributed by atoms with Crippen LogP contribution in [0.4, 0.5) is 0 Å². The second kappa shape index (κ2) is 8.79. The lowest BCUT2D eigenvalue weighted by molar-refractivity contribution is 0.410. The first kappa shape index (κ1) is 19.2. The second-order valence-electron chi connectivity index (χ2n) is 5.39. The van der Waals surface area contributed by atoms with Crippen LogP contribution in [-0.2, 0) is 0 Å². The molecular formula is C18H20BrClN2OS. The van der Waals surface area contributed by atoms with Crippen LogP contribution in [0.25, 0.3) is 0 Å². The quantitative estimate of drug-likeness (QED) is 0.697. The molecule has 1 aliphatic rings. The molecule has 3 nitrogen and oxygen atoms in total. The third-order valence-electron chi connectivity index (χ3n) is 3.89. The SMILES string of the molecule is COc1ccc(Br)cc1C(S)c1ccccc1C1=NCCCN1.Cl. The van der Waals surface area contributed by atoms with Gasteiger partial charge in [-0.2, -0.15) is 12.6 Å². The number of hydrogen-bond acceptors (Lipinski definition) is 4. The van der Waals surface area contributed by atoms with Crippen molar-refractivity contribution in [1.29, 1.82) is 0 Å². The summed E-state index contributed by atoms with van der Waals surface area (Å²) in [5.74, 6) is 1.79. The maximum absolute atomic E-state index is 5.51. The van der Waals surface area contributed by atoms with Gasteiger partial charge < -0.3 is 10.1 Å². The minimum Gasteiger partial charge on any atom is -0.496 e. The van der Waals surface area contributed by atoms with Gasteiger partial charge in [-0.25, -0.2) is 0 Å². The zero-order valence-electron chi connectivity index (χ0n) is 13.3. The molecule has 1 unspecified atom stereocenters. The topological polar surface area (TPSA) is 33.6 Å². The van der Waals surface area contributed by atoms with Gasteiger partial charge in [0.25, 0.3) is 0 Å². The number of aliphatic imine (C=N–C) groups is 1. The molecule has 0 aliphatic carbocycles. The first-order valence-electron chi connectivity index (χ1n) is 7.60. The van der Waals surface area contributed by atoms with Crippen LogP contribution in [-0.4, -0.2) is 26.0 Å². The second-order valence-corrected chi connectivity index (χ2v) is 6.82. The van der Waals surface area contributed by atoms with E-state index in [9.17, 15) is 0 Å². The molecule has 0 amide bonds. The van der Waals surface area contributed by atoms with Crippen LogP contribution in [0.5, 0.6) is 5.75 Å². The number of nitrogens with zero attached hydrogens (tertiary/aromatic N) is 1. The highest BCUT2D eigenvalue weighted by Crippen LogP contribution is 2.37. The van der Waals surface area contributed by atoms with Gasteiger partial charge in [0.05, 0.1) is 12.4 Å². The van der Waals surface area contributed by atoms with E-state index in [1.807, 2.05) is 24.3 Å². The Morgan fingerprint density at radius 1 is 1.21 bits per heavy atom. The first-order chi connectivity index (χ1) is 11.2. The van der Waals surface area contributed by atoms with Gasteiger partial charge in [0, 0.05) is 28.7 Å². The molecule has 0 saturated heterocycles. The van der Waals surface area contributed by atoms with Gasteiger partial charge in [0.15, 0.2) is 0 Å². The van der Waals surface area contributed by atoms with E-state index < -0.39 is 0 Å². The number of rotatable bonds is 4. The van der Waals surface area contributed by atoms with Crippen molar-refractivity contribution in [1.82, 2.24) is 5.32 Å². The Kier molecular flexibility index (Phi) is 7.02. The zero-order valence-corrected chi connectivity index (χ0v) is 16.6. The molecule has 2 aromatic carbocycles. The van der Waals surface area contributed by atoms with Crippen molar-refractivity contribution in [2.24, 2.45) is 4.99 Å². The molecule has 128 valence electrons. The van der Waals surface area contributed by atoms with Crippen molar-refractivity contribution in [3.05, 3.63) is 63.6 Å². The van der Waals surface area contributed by atoms with Gasteiger partial charge in [-0.1, -0.05) is 40.2 Å². The lowest BCUT2D eigenvalue weighted by Crippen LogP contribution is -2.31.